The van der Waals surface area contributed by atoms with Crippen molar-refractivity contribution in [3.8, 4) is 0 Å². The van der Waals surface area contributed by atoms with Crippen molar-refractivity contribution in [1.29, 1.82) is 0 Å². The van der Waals surface area contributed by atoms with Gasteiger partial charge in [-0.3, -0.25) is 4.98 Å². The summed E-state index contributed by atoms with van der Waals surface area (Å²) in [6.07, 6.45) is 0.678. The van der Waals surface area contributed by atoms with Crippen molar-refractivity contribution in [2.75, 3.05) is 0 Å². The fraction of sp³-hybridized carbons (Fsp3) is 0.118. The summed E-state index contributed by atoms with van der Waals surface area (Å²) in [5.41, 5.74) is 9.27. The van der Waals surface area contributed by atoms with Crippen molar-refractivity contribution in [3.63, 3.8) is 0 Å². The molecule has 3 aromatic rings. The predicted octanol–water partition coefficient (Wildman–Crippen LogP) is 4.89. The molecule has 0 bridgehead atoms. The molecule has 0 aliphatic rings. The van der Waals surface area contributed by atoms with Gasteiger partial charge in [-0.05, 0) is 35.9 Å². The minimum Gasteiger partial charge on any atom is -0.324 e. The number of rotatable bonds is 3. The van der Waals surface area contributed by atoms with Crippen molar-refractivity contribution < 1.29 is 0 Å². The highest BCUT2D eigenvalue weighted by atomic mass is 79.9. The van der Waals surface area contributed by atoms with Gasteiger partial charge in [0.25, 0.3) is 0 Å². The van der Waals surface area contributed by atoms with Crippen LogP contribution < -0.4 is 5.73 Å². The summed E-state index contributed by atoms with van der Waals surface area (Å²) in [7, 11) is 0. The summed E-state index contributed by atoms with van der Waals surface area (Å²) in [6, 6.07) is 17.8. The Bertz CT molecular complexity index is 768. The normalized spacial score (nSPS) is 12.5. The number of hydrogen-bond acceptors (Lipinski definition) is 2. The Kier molecular flexibility index (Phi) is 4.24. The highest BCUT2D eigenvalue weighted by Crippen LogP contribution is 2.25. The Morgan fingerprint density at radius 3 is 2.71 bits per heavy atom. The number of halogens is 2. The molecule has 0 fully saturated rings. The third kappa shape index (κ3) is 3.43. The van der Waals surface area contributed by atoms with Crippen LogP contribution in [-0.2, 0) is 6.42 Å². The van der Waals surface area contributed by atoms with Crippen molar-refractivity contribution in [1.82, 2.24) is 4.98 Å². The van der Waals surface area contributed by atoms with Crippen LogP contribution in [0.1, 0.15) is 17.3 Å². The average Bonchev–Trinajstić information content (AvgIpc) is 2.46. The second-order valence-corrected chi connectivity index (χ2v) is 6.36. The first-order valence-corrected chi connectivity index (χ1v) is 7.85. The lowest BCUT2D eigenvalue weighted by Gasteiger charge is -2.13. The molecular weight excluding hydrogens is 348 g/mol. The molecule has 0 radical (unpaired) electrons. The maximum atomic E-state index is 6.29. The minimum atomic E-state index is -0.131. The largest absolute Gasteiger partial charge is 0.324 e. The topological polar surface area (TPSA) is 38.9 Å². The first-order valence-electron chi connectivity index (χ1n) is 6.68. The summed E-state index contributed by atoms with van der Waals surface area (Å²) in [5.74, 6) is 0. The van der Waals surface area contributed by atoms with Gasteiger partial charge >= 0.3 is 0 Å². The lowest BCUT2D eigenvalue weighted by Crippen LogP contribution is -2.14. The van der Waals surface area contributed by atoms with Gasteiger partial charge in [-0.1, -0.05) is 51.8 Å². The second-order valence-electron chi connectivity index (χ2n) is 5.01. The maximum Gasteiger partial charge on any atom is 0.0705 e. The van der Waals surface area contributed by atoms with Crippen molar-refractivity contribution in [2.24, 2.45) is 5.73 Å². The monoisotopic (exact) mass is 360 g/mol. The maximum absolute atomic E-state index is 6.29. The number of aromatic nitrogens is 1. The van der Waals surface area contributed by atoms with Crippen LogP contribution in [0.5, 0.6) is 0 Å². The second kappa shape index (κ2) is 6.14. The molecule has 106 valence electrons. The molecule has 0 aliphatic carbocycles. The van der Waals surface area contributed by atoms with E-state index in [0.29, 0.717) is 11.4 Å². The van der Waals surface area contributed by atoms with E-state index < -0.39 is 0 Å². The molecule has 21 heavy (non-hydrogen) atoms. The molecule has 2 aromatic carbocycles. The summed E-state index contributed by atoms with van der Waals surface area (Å²) in [6.45, 7) is 0. The lowest BCUT2D eigenvalue weighted by molar-refractivity contribution is 0.708. The van der Waals surface area contributed by atoms with Crippen LogP contribution in [0.15, 0.2) is 59.1 Å². The van der Waals surface area contributed by atoms with Gasteiger partial charge in [-0.25, -0.2) is 0 Å². The lowest BCUT2D eigenvalue weighted by atomic mass is 10.0. The zero-order chi connectivity index (χ0) is 14.8. The van der Waals surface area contributed by atoms with Crippen molar-refractivity contribution in [2.45, 2.75) is 12.5 Å². The third-order valence-corrected chi connectivity index (χ3v) is 4.07. The standard InChI is InChI=1S/C17H14BrClN2/c18-13-7-12(8-14(19)9-13)16(20)10-15-6-5-11-3-1-2-4-17(11)21-15/h1-9,16H,10,20H2. The van der Waals surface area contributed by atoms with Gasteiger partial charge in [0.1, 0.15) is 0 Å². The number of para-hydroxylation sites is 1. The van der Waals surface area contributed by atoms with Gasteiger partial charge in [0, 0.05) is 33.0 Å². The first kappa shape index (κ1) is 14.5. The molecule has 1 aromatic heterocycles. The number of fused-ring (bicyclic) bond motifs is 1. The quantitative estimate of drug-likeness (QED) is 0.721. The highest BCUT2D eigenvalue weighted by Gasteiger charge is 2.10. The van der Waals surface area contributed by atoms with E-state index in [2.05, 4.69) is 33.0 Å². The molecule has 1 unspecified atom stereocenters. The van der Waals surface area contributed by atoms with Crippen LogP contribution in [0.2, 0.25) is 5.02 Å². The van der Waals surface area contributed by atoms with Crippen LogP contribution >= 0.6 is 27.5 Å². The van der Waals surface area contributed by atoms with Crippen LogP contribution in [0, 0.1) is 0 Å². The molecule has 0 saturated heterocycles. The van der Waals surface area contributed by atoms with Crippen LogP contribution in [0.25, 0.3) is 10.9 Å². The van der Waals surface area contributed by atoms with E-state index in [0.717, 1.165) is 26.6 Å². The SMILES string of the molecule is NC(Cc1ccc2ccccc2n1)c1cc(Cl)cc(Br)c1. The minimum absolute atomic E-state index is 0.131. The molecule has 0 spiro atoms. The summed E-state index contributed by atoms with van der Waals surface area (Å²) < 4.78 is 0.937. The molecule has 0 aliphatic heterocycles. The van der Waals surface area contributed by atoms with Gasteiger partial charge in [0.2, 0.25) is 0 Å². The van der Waals surface area contributed by atoms with Gasteiger partial charge < -0.3 is 5.73 Å². The molecule has 0 amide bonds. The molecule has 1 atom stereocenters. The Balaban J connectivity index is 1.86. The van der Waals surface area contributed by atoms with Crippen molar-refractivity contribution in [3.05, 3.63) is 75.4 Å². The summed E-state index contributed by atoms with van der Waals surface area (Å²) in [4.78, 5) is 4.66. The number of nitrogens with two attached hydrogens (primary N) is 1. The van der Waals surface area contributed by atoms with E-state index >= 15 is 0 Å². The van der Waals surface area contributed by atoms with E-state index in [1.54, 1.807) is 0 Å². The fourth-order valence-electron chi connectivity index (χ4n) is 2.35. The van der Waals surface area contributed by atoms with E-state index in [-0.39, 0.29) is 6.04 Å². The molecule has 0 saturated carbocycles. The zero-order valence-electron chi connectivity index (χ0n) is 11.3. The Hall–Kier alpha value is -1.42. The molecular formula is C17H14BrClN2. The van der Waals surface area contributed by atoms with Crippen LogP contribution in [0.4, 0.5) is 0 Å². The predicted molar refractivity (Wildman–Crippen MR) is 91.5 cm³/mol. The third-order valence-electron chi connectivity index (χ3n) is 3.40. The van der Waals surface area contributed by atoms with Gasteiger partial charge in [0.05, 0.1) is 5.52 Å². The van der Waals surface area contributed by atoms with Crippen molar-refractivity contribution >= 4 is 38.4 Å². The number of benzene rings is 2. The van der Waals surface area contributed by atoms with E-state index in [1.807, 2.05) is 42.5 Å². The Morgan fingerprint density at radius 2 is 1.90 bits per heavy atom. The molecule has 2 N–H and O–H groups in total. The molecule has 3 rings (SSSR count). The van der Waals surface area contributed by atoms with E-state index in [9.17, 15) is 0 Å². The molecule has 4 heteroatoms. The van der Waals surface area contributed by atoms with E-state index in [4.69, 9.17) is 17.3 Å². The van der Waals surface area contributed by atoms with Gasteiger partial charge in [0.15, 0.2) is 0 Å². The Morgan fingerprint density at radius 1 is 1.10 bits per heavy atom. The number of pyridine rings is 1. The van der Waals surface area contributed by atoms with Gasteiger partial charge in [-0.15, -0.1) is 0 Å². The van der Waals surface area contributed by atoms with Crippen LogP contribution in [0.3, 0.4) is 0 Å². The van der Waals surface area contributed by atoms with Crippen LogP contribution in [-0.4, -0.2) is 4.98 Å². The van der Waals surface area contributed by atoms with Gasteiger partial charge in [-0.2, -0.15) is 0 Å². The van der Waals surface area contributed by atoms with E-state index in [1.165, 1.54) is 0 Å². The number of hydrogen-bond donors (Lipinski definition) is 1. The Labute approximate surface area is 137 Å². The fourth-order valence-corrected chi connectivity index (χ4v) is 3.24. The summed E-state index contributed by atoms with van der Waals surface area (Å²) in [5, 5.41) is 1.82. The first-order chi connectivity index (χ1) is 10.1. The molecule has 2 nitrogen and oxygen atoms in total. The molecule has 1 heterocycles. The average molecular weight is 362 g/mol. The smallest absolute Gasteiger partial charge is 0.0705 e. The summed E-state index contributed by atoms with van der Waals surface area (Å²) >= 11 is 9.52. The zero-order valence-corrected chi connectivity index (χ0v) is 13.6. The highest BCUT2D eigenvalue weighted by molar-refractivity contribution is 9.10. The number of nitrogens with zero attached hydrogens (tertiary/aromatic N) is 1.